The van der Waals surface area contributed by atoms with Gasteiger partial charge < -0.3 is 14.8 Å². The fourth-order valence-electron chi connectivity index (χ4n) is 2.74. The minimum atomic E-state index is -0.0483. The van der Waals surface area contributed by atoms with Crippen LogP contribution < -0.4 is 14.8 Å². The SMILES string of the molecule is CC(=O)NC(C)c1ccc(Oc2cnc(-c3cccc(OC(C)C)c3)s2)cc1. The van der Waals surface area contributed by atoms with Gasteiger partial charge in [0.25, 0.3) is 0 Å². The van der Waals surface area contributed by atoms with Crippen LogP contribution in [0.1, 0.15) is 39.3 Å². The zero-order chi connectivity index (χ0) is 20.1. The van der Waals surface area contributed by atoms with E-state index in [9.17, 15) is 4.79 Å². The number of thiazole rings is 1. The van der Waals surface area contributed by atoms with Gasteiger partial charge in [0.05, 0.1) is 18.3 Å². The van der Waals surface area contributed by atoms with E-state index in [0.29, 0.717) is 5.06 Å². The van der Waals surface area contributed by atoms with E-state index in [1.54, 1.807) is 6.20 Å². The summed E-state index contributed by atoms with van der Waals surface area (Å²) in [5.41, 5.74) is 2.02. The largest absolute Gasteiger partial charge is 0.491 e. The number of hydrogen-bond acceptors (Lipinski definition) is 5. The molecule has 0 spiro atoms. The van der Waals surface area contributed by atoms with Gasteiger partial charge in [-0.2, -0.15) is 0 Å². The highest BCUT2D eigenvalue weighted by atomic mass is 32.1. The van der Waals surface area contributed by atoms with E-state index >= 15 is 0 Å². The molecule has 0 saturated heterocycles. The third-order valence-corrected chi connectivity index (χ3v) is 4.88. The van der Waals surface area contributed by atoms with E-state index < -0.39 is 0 Å². The van der Waals surface area contributed by atoms with Crippen LogP contribution in [0.15, 0.2) is 54.7 Å². The Labute approximate surface area is 169 Å². The lowest BCUT2D eigenvalue weighted by atomic mass is 10.1. The molecule has 0 aliphatic rings. The summed E-state index contributed by atoms with van der Waals surface area (Å²) in [6.07, 6.45) is 1.85. The van der Waals surface area contributed by atoms with Gasteiger partial charge in [0.1, 0.15) is 16.5 Å². The van der Waals surface area contributed by atoms with Crippen molar-refractivity contribution in [2.75, 3.05) is 0 Å². The number of aromatic nitrogens is 1. The Morgan fingerprint density at radius 3 is 2.50 bits per heavy atom. The molecule has 0 aliphatic heterocycles. The average molecular weight is 397 g/mol. The molecule has 1 N–H and O–H groups in total. The highest BCUT2D eigenvalue weighted by molar-refractivity contribution is 7.16. The van der Waals surface area contributed by atoms with E-state index in [-0.39, 0.29) is 18.1 Å². The second kappa shape index (κ2) is 8.89. The minimum absolute atomic E-state index is 0.0399. The number of rotatable bonds is 7. The molecule has 1 amide bonds. The van der Waals surface area contributed by atoms with Crippen LogP contribution in [0.2, 0.25) is 0 Å². The molecule has 28 heavy (non-hydrogen) atoms. The molecule has 3 aromatic rings. The number of carbonyl (C=O) groups is 1. The maximum atomic E-state index is 11.2. The Bertz CT molecular complexity index is 935. The zero-order valence-corrected chi connectivity index (χ0v) is 17.2. The maximum absolute atomic E-state index is 11.2. The van der Waals surface area contributed by atoms with Crippen molar-refractivity contribution in [1.29, 1.82) is 0 Å². The van der Waals surface area contributed by atoms with Crippen LogP contribution in [0, 0.1) is 0 Å². The molecular formula is C22H24N2O3S. The number of amides is 1. The molecule has 0 aliphatic carbocycles. The first-order valence-corrected chi connectivity index (χ1v) is 10.00. The Balaban J connectivity index is 1.69. The Morgan fingerprint density at radius 2 is 1.82 bits per heavy atom. The van der Waals surface area contributed by atoms with Crippen molar-refractivity contribution < 1.29 is 14.3 Å². The van der Waals surface area contributed by atoms with Crippen molar-refractivity contribution in [2.45, 2.75) is 39.8 Å². The third kappa shape index (κ3) is 5.33. The molecule has 3 rings (SSSR count). The van der Waals surface area contributed by atoms with Gasteiger partial charge in [-0.25, -0.2) is 4.98 Å². The highest BCUT2D eigenvalue weighted by Gasteiger charge is 2.10. The second-order valence-corrected chi connectivity index (χ2v) is 7.77. The molecule has 6 heteroatoms. The fourth-order valence-corrected chi connectivity index (χ4v) is 3.53. The Kier molecular flexibility index (Phi) is 6.31. The second-order valence-electron chi connectivity index (χ2n) is 6.77. The number of hydrogen-bond donors (Lipinski definition) is 1. The third-order valence-electron chi connectivity index (χ3n) is 3.96. The van der Waals surface area contributed by atoms with Crippen LogP contribution in [0.5, 0.6) is 16.6 Å². The van der Waals surface area contributed by atoms with Gasteiger partial charge in [0, 0.05) is 12.5 Å². The molecule has 1 heterocycles. The summed E-state index contributed by atoms with van der Waals surface area (Å²) in [6.45, 7) is 7.47. The lowest BCUT2D eigenvalue weighted by molar-refractivity contribution is -0.119. The van der Waals surface area contributed by atoms with Crippen LogP contribution >= 0.6 is 11.3 Å². The van der Waals surface area contributed by atoms with Gasteiger partial charge >= 0.3 is 0 Å². The molecule has 1 unspecified atom stereocenters. The predicted molar refractivity (Wildman–Crippen MR) is 112 cm³/mol. The standard InChI is InChI=1S/C22H24N2O3S/c1-14(2)26-20-7-5-6-18(12-20)22-23-13-21(28-22)27-19-10-8-17(9-11-19)15(3)24-16(4)25/h5-15H,1-4H3,(H,24,25). The maximum Gasteiger partial charge on any atom is 0.217 e. The molecule has 146 valence electrons. The van der Waals surface area contributed by atoms with Gasteiger partial charge in [-0.1, -0.05) is 35.6 Å². The number of ether oxygens (including phenoxy) is 2. The topological polar surface area (TPSA) is 60.5 Å². The molecule has 0 radical (unpaired) electrons. The fraction of sp³-hybridized carbons (Fsp3) is 0.273. The van der Waals surface area contributed by atoms with Gasteiger partial charge in [-0.3, -0.25) is 4.79 Å². The lowest BCUT2D eigenvalue weighted by Crippen LogP contribution is -2.23. The number of nitrogens with zero attached hydrogens (tertiary/aromatic N) is 1. The molecule has 1 atom stereocenters. The van der Waals surface area contributed by atoms with E-state index in [4.69, 9.17) is 9.47 Å². The first-order chi connectivity index (χ1) is 13.4. The molecule has 0 fully saturated rings. The van der Waals surface area contributed by atoms with Crippen molar-refractivity contribution in [3.63, 3.8) is 0 Å². The lowest BCUT2D eigenvalue weighted by Gasteiger charge is -2.13. The first-order valence-electron chi connectivity index (χ1n) is 9.18. The van der Waals surface area contributed by atoms with E-state index in [1.165, 1.54) is 18.3 Å². The Hall–Kier alpha value is -2.86. The smallest absolute Gasteiger partial charge is 0.217 e. The van der Waals surface area contributed by atoms with E-state index in [1.807, 2.05) is 69.3 Å². The highest BCUT2D eigenvalue weighted by Crippen LogP contribution is 2.34. The molecule has 2 aromatic carbocycles. The van der Waals surface area contributed by atoms with Gasteiger partial charge in [0.2, 0.25) is 11.0 Å². The van der Waals surface area contributed by atoms with Crippen LogP contribution in [-0.2, 0) is 4.79 Å². The zero-order valence-electron chi connectivity index (χ0n) is 16.4. The van der Waals surface area contributed by atoms with Crippen LogP contribution in [0.25, 0.3) is 10.6 Å². The minimum Gasteiger partial charge on any atom is -0.491 e. The summed E-state index contributed by atoms with van der Waals surface area (Å²) in [4.78, 5) is 15.7. The van der Waals surface area contributed by atoms with E-state index in [0.717, 1.165) is 27.6 Å². The summed E-state index contributed by atoms with van der Waals surface area (Å²) in [5, 5.41) is 4.46. The monoisotopic (exact) mass is 396 g/mol. The average Bonchev–Trinajstić information content (AvgIpc) is 3.10. The van der Waals surface area contributed by atoms with Crippen molar-refractivity contribution in [2.24, 2.45) is 0 Å². The number of carbonyl (C=O) groups excluding carboxylic acids is 1. The summed E-state index contributed by atoms with van der Waals surface area (Å²) < 4.78 is 11.7. The summed E-state index contributed by atoms with van der Waals surface area (Å²) in [7, 11) is 0. The number of nitrogens with one attached hydrogen (secondary N) is 1. The van der Waals surface area contributed by atoms with Crippen molar-refractivity contribution in [3.8, 4) is 27.1 Å². The molecular weight excluding hydrogens is 372 g/mol. The molecule has 5 nitrogen and oxygen atoms in total. The summed E-state index contributed by atoms with van der Waals surface area (Å²) in [6, 6.07) is 15.5. The first kappa shape index (κ1) is 19.9. The predicted octanol–water partition coefficient (Wildman–Crippen LogP) is 5.59. The molecule has 1 aromatic heterocycles. The summed E-state index contributed by atoms with van der Waals surface area (Å²) >= 11 is 1.48. The summed E-state index contributed by atoms with van der Waals surface area (Å²) in [5.74, 6) is 1.51. The van der Waals surface area contributed by atoms with Crippen LogP contribution in [-0.4, -0.2) is 17.0 Å². The van der Waals surface area contributed by atoms with Crippen LogP contribution in [0.4, 0.5) is 0 Å². The van der Waals surface area contributed by atoms with Gasteiger partial charge in [-0.15, -0.1) is 0 Å². The Morgan fingerprint density at radius 1 is 1.07 bits per heavy atom. The van der Waals surface area contributed by atoms with Gasteiger partial charge in [0.15, 0.2) is 0 Å². The molecule has 0 bridgehead atoms. The van der Waals surface area contributed by atoms with Crippen molar-refractivity contribution >= 4 is 17.2 Å². The number of benzene rings is 2. The molecule has 0 saturated carbocycles. The normalized spacial score (nSPS) is 11.9. The van der Waals surface area contributed by atoms with Crippen molar-refractivity contribution in [1.82, 2.24) is 10.3 Å². The van der Waals surface area contributed by atoms with Gasteiger partial charge in [-0.05, 0) is 50.6 Å². The van der Waals surface area contributed by atoms with Crippen LogP contribution in [0.3, 0.4) is 0 Å². The van der Waals surface area contributed by atoms with E-state index in [2.05, 4.69) is 10.3 Å². The quantitative estimate of drug-likeness (QED) is 0.566. The van der Waals surface area contributed by atoms with Crippen molar-refractivity contribution in [3.05, 3.63) is 60.3 Å².